The molecular formula is C20H22N2O4. The minimum Gasteiger partial charge on any atom is -0.497 e. The van der Waals surface area contributed by atoms with E-state index in [1.165, 1.54) is 6.08 Å². The summed E-state index contributed by atoms with van der Waals surface area (Å²) in [5.41, 5.74) is 7.52. The van der Waals surface area contributed by atoms with Crippen molar-refractivity contribution in [2.45, 2.75) is 13.8 Å². The van der Waals surface area contributed by atoms with Crippen molar-refractivity contribution < 1.29 is 19.1 Å². The maximum atomic E-state index is 11.8. The van der Waals surface area contributed by atoms with Crippen molar-refractivity contribution in [3.05, 3.63) is 65.2 Å². The number of carbonyl (C=O) groups is 2. The zero-order valence-electron chi connectivity index (χ0n) is 15.0. The first kappa shape index (κ1) is 19.1. The summed E-state index contributed by atoms with van der Waals surface area (Å²) in [5, 5.41) is 0. The maximum absolute atomic E-state index is 11.8. The number of rotatable bonds is 6. The van der Waals surface area contributed by atoms with Gasteiger partial charge in [-0.25, -0.2) is 0 Å². The van der Waals surface area contributed by atoms with Crippen LogP contribution in [0.3, 0.4) is 0 Å². The van der Waals surface area contributed by atoms with Crippen LogP contribution in [0.15, 0.2) is 48.5 Å². The van der Waals surface area contributed by atoms with Crippen LogP contribution in [0.4, 0.5) is 0 Å². The monoisotopic (exact) mass is 354 g/mol. The SMILES string of the molecule is COc1cccc(/C=C/C(=O)NNC(=O)COc2cc(C)cc(C)c2)c1. The molecule has 2 aromatic carbocycles. The fourth-order valence-electron chi connectivity index (χ4n) is 2.29. The molecule has 136 valence electrons. The number of methoxy groups -OCH3 is 1. The predicted molar refractivity (Wildman–Crippen MR) is 99.7 cm³/mol. The molecule has 0 aliphatic rings. The molecule has 0 spiro atoms. The molecule has 0 atom stereocenters. The Morgan fingerprint density at radius 2 is 1.73 bits per heavy atom. The molecule has 0 aromatic heterocycles. The minimum atomic E-state index is -0.452. The predicted octanol–water partition coefficient (Wildman–Crippen LogP) is 2.55. The van der Waals surface area contributed by atoms with Crippen molar-refractivity contribution in [3.8, 4) is 11.5 Å². The number of aryl methyl sites for hydroxylation is 2. The molecular weight excluding hydrogens is 332 g/mol. The van der Waals surface area contributed by atoms with Gasteiger partial charge < -0.3 is 9.47 Å². The molecule has 0 saturated carbocycles. The highest BCUT2D eigenvalue weighted by Crippen LogP contribution is 2.16. The summed E-state index contributed by atoms with van der Waals surface area (Å²) >= 11 is 0. The Kier molecular flexibility index (Phi) is 6.79. The molecule has 2 N–H and O–H groups in total. The standard InChI is InChI=1S/C20H22N2O4/c1-14-9-15(2)11-18(10-14)26-13-20(24)22-21-19(23)8-7-16-5-4-6-17(12-16)25-3/h4-12H,13H2,1-3H3,(H,21,23)(H,22,24)/b8-7+. The third kappa shape index (κ3) is 6.32. The van der Waals surface area contributed by atoms with Gasteiger partial charge in [0.1, 0.15) is 11.5 Å². The molecule has 0 bridgehead atoms. The summed E-state index contributed by atoms with van der Waals surface area (Å²) in [6.45, 7) is 3.71. The highest BCUT2D eigenvalue weighted by Gasteiger charge is 2.05. The van der Waals surface area contributed by atoms with Gasteiger partial charge in [0.25, 0.3) is 11.8 Å². The first-order valence-electron chi connectivity index (χ1n) is 8.08. The molecule has 26 heavy (non-hydrogen) atoms. The average molecular weight is 354 g/mol. The molecule has 2 amide bonds. The lowest BCUT2D eigenvalue weighted by atomic mass is 10.1. The van der Waals surface area contributed by atoms with Crippen LogP contribution in [0.1, 0.15) is 16.7 Å². The molecule has 6 nitrogen and oxygen atoms in total. The lowest BCUT2D eigenvalue weighted by Crippen LogP contribution is -2.43. The number of ether oxygens (including phenoxy) is 2. The average Bonchev–Trinajstić information content (AvgIpc) is 2.62. The van der Waals surface area contributed by atoms with Crippen LogP contribution in [0.5, 0.6) is 11.5 Å². The summed E-state index contributed by atoms with van der Waals surface area (Å²) in [6, 6.07) is 13.0. The van der Waals surface area contributed by atoms with Gasteiger partial charge in [-0.2, -0.15) is 0 Å². The number of hydrogen-bond donors (Lipinski definition) is 2. The van der Waals surface area contributed by atoms with E-state index in [4.69, 9.17) is 9.47 Å². The summed E-state index contributed by atoms with van der Waals surface area (Å²) < 4.78 is 10.5. The van der Waals surface area contributed by atoms with Crippen LogP contribution < -0.4 is 20.3 Å². The molecule has 2 aromatic rings. The second-order valence-electron chi connectivity index (χ2n) is 5.76. The number of amides is 2. The van der Waals surface area contributed by atoms with Gasteiger partial charge in [0.2, 0.25) is 0 Å². The van der Waals surface area contributed by atoms with Gasteiger partial charge in [-0.15, -0.1) is 0 Å². The van der Waals surface area contributed by atoms with E-state index in [0.717, 1.165) is 16.7 Å². The molecule has 6 heteroatoms. The topological polar surface area (TPSA) is 76.7 Å². The Morgan fingerprint density at radius 1 is 1.00 bits per heavy atom. The molecule has 0 unspecified atom stereocenters. The van der Waals surface area contributed by atoms with Crippen molar-refractivity contribution >= 4 is 17.9 Å². The first-order valence-corrected chi connectivity index (χ1v) is 8.08. The van der Waals surface area contributed by atoms with Gasteiger partial charge in [-0.05, 0) is 60.9 Å². The van der Waals surface area contributed by atoms with Gasteiger partial charge in [-0.3, -0.25) is 20.4 Å². The van der Waals surface area contributed by atoms with Crippen molar-refractivity contribution in [2.24, 2.45) is 0 Å². The van der Waals surface area contributed by atoms with Crippen molar-refractivity contribution in [1.82, 2.24) is 10.9 Å². The summed E-state index contributed by atoms with van der Waals surface area (Å²) in [4.78, 5) is 23.5. The smallest absolute Gasteiger partial charge is 0.276 e. The molecule has 0 saturated heterocycles. The van der Waals surface area contributed by atoms with Gasteiger partial charge in [0.15, 0.2) is 6.61 Å². The van der Waals surface area contributed by atoms with Crippen LogP contribution in [0, 0.1) is 13.8 Å². The van der Waals surface area contributed by atoms with Crippen LogP contribution in [0.25, 0.3) is 6.08 Å². The van der Waals surface area contributed by atoms with E-state index in [1.807, 2.05) is 50.2 Å². The normalized spacial score (nSPS) is 10.4. The quantitative estimate of drug-likeness (QED) is 0.617. The Morgan fingerprint density at radius 3 is 2.42 bits per heavy atom. The number of benzene rings is 2. The summed E-state index contributed by atoms with van der Waals surface area (Å²) in [7, 11) is 1.57. The highest BCUT2D eigenvalue weighted by molar-refractivity contribution is 5.93. The molecule has 0 fully saturated rings. The fraction of sp³-hybridized carbons (Fsp3) is 0.200. The summed E-state index contributed by atoms with van der Waals surface area (Å²) in [6.07, 6.45) is 2.94. The zero-order chi connectivity index (χ0) is 18.9. The van der Waals surface area contributed by atoms with Crippen molar-refractivity contribution in [3.63, 3.8) is 0 Å². The van der Waals surface area contributed by atoms with Gasteiger partial charge in [-0.1, -0.05) is 18.2 Å². The van der Waals surface area contributed by atoms with Crippen LogP contribution >= 0.6 is 0 Å². The van der Waals surface area contributed by atoms with Crippen LogP contribution in [-0.4, -0.2) is 25.5 Å². The third-order valence-electron chi connectivity index (χ3n) is 3.41. The maximum Gasteiger partial charge on any atom is 0.276 e. The third-order valence-corrected chi connectivity index (χ3v) is 3.41. The molecule has 0 aliphatic carbocycles. The van der Waals surface area contributed by atoms with Gasteiger partial charge in [0.05, 0.1) is 7.11 Å². The van der Waals surface area contributed by atoms with Crippen LogP contribution in [0.2, 0.25) is 0 Å². The van der Waals surface area contributed by atoms with Crippen LogP contribution in [-0.2, 0) is 9.59 Å². The Labute approximate surface area is 152 Å². The van der Waals surface area contributed by atoms with E-state index in [1.54, 1.807) is 19.3 Å². The van der Waals surface area contributed by atoms with E-state index < -0.39 is 11.8 Å². The van der Waals surface area contributed by atoms with E-state index in [-0.39, 0.29) is 6.61 Å². The number of carbonyl (C=O) groups excluding carboxylic acids is 2. The number of nitrogens with one attached hydrogen (secondary N) is 2. The van der Waals surface area contributed by atoms with Crippen molar-refractivity contribution in [1.29, 1.82) is 0 Å². The second kappa shape index (κ2) is 9.27. The minimum absolute atomic E-state index is 0.192. The Balaban J connectivity index is 1.77. The van der Waals surface area contributed by atoms with E-state index in [2.05, 4.69) is 10.9 Å². The lowest BCUT2D eigenvalue weighted by molar-refractivity contribution is -0.128. The molecule has 2 rings (SSSR count). The Bertz CT molecular complexity index is 795. The van der Waals surface area contributed by atoms with Gasteiger partial charge >= 0.3 is 0 Å². The van der Waals surface area contributed by atoms with E-state index in [9.17, 15) is 9.59 Å². The summed E-state index contributed by atoms with van der Waals surface area (Å²) in [5.74, 6) is 0.408. The second-order valence-corrected chi connectivity index (χ2v) is 5.76. The molecule has 0 aliphatic heterocycles. The Hall–Kier alpha value is -3.28. The number of hydrogen-bond acceptors (Lipinski definition) is 4. The first-order chi connectivity index (χ1) is 12.5. The van der Waals surface area contributed by atoms with E-state index >= 15 is 0 Å². The van der Waals surface area contributed by atoms with E-state index in [0.29, 0.717) is 11.5 Å². The fourth-order valence-corrected chi connectivity index (χ4v) is 2.29. The zero-order valence-corrected chi connectivity index (χ0v) is 15.0. The largest absolute Gasteiger partial charge is 0.497 e. The molecule has 0 heterocycles. The van der Waals surface area contributed by atoms with Gasteiger partial charge in [0, 0.05) is 6.08 Å². The number of hydrazine groups is 1. The lowest BCUT2D eigenvalue weighted by Gasteiger charge is -2.09. The highest BCUT2D eigenvalue weighted by atomic mass is 16.5. The molecule has 0 radical (unpaired) electrons. The van der Waals surface area contributed by atoms with Crippen molar-refractivity contribution in [2.75, 3.05) is 13.7 Å².